The van der Waals surface area contributed by atoms with E-state index in [1.807, 2.05) is 0 Å². The molecule has 1 aliphatic rings. The minimum Gasteiger partial charge on any atom is -0.406 e. The summed E-state index contributed by atoms with van der Waals surface area (Å²) in [6.07, 6.45) is -4.38. The van der Waals surface area contributed by atoms with Crippen LogP contribution in [0.4, 0.5) is 23.7 Å². The number of hydrogen-bond donors (Lipinski definition) is 1. The van der Waals surface area contributed by atoms with Crippen LogP contribution in [0.2, 0.25) is 0 Å². The lowest BCUT2D eigenvalue weighted by atomic mass is 10.3. The number of halogens is 3. The number of carbonyl (C=O) groups is 4. The van der Waals surface area contributed by atoms with Crippen LogP contribution < -0.4 is 10.1 Å². The fraction of sp³-hybridized carbons (Fsp3) is 0.333. The number of nitrogens with zero attached hydrogens (tertiary/aromatic N) is 2. The predicted molar refractivity (Wildman–Crippen MR) is 80.9 cm³/mol. The molecule has 1 aromatic rings. The fourth-order valence-electron chi connectivity index (χ4n) is 2.19. The zero-order chi connectivity index (χ0) is 19.5. The van der Waals surface area contributed by atoms with Crippen molar-refractivity contribution in [3.8, 4) is 5.75 Å². The van der Waals surface area contributed by atoms with Gasteiger partial charge in [0.15, 0.2) is 0 Å². The molecule has 0 spiro atoms. The van der Waals surface area contributed by atoms with Gasteiger partial charge < -0.3 is 10.1 Å². The average molecular weight is 373 g/mol. The van der Waals surface area contributed by atoms with Crippen LogP contribution in [0.25, 0.3) is 0 Å². The smallest absolute Gasteiger partial charge is 0.406 e. The first-order chi connectivity index (χ1) is 12.1. The molecule has 1 N–H and O–H groups in total. The minimum absolute atomic E-state index is 0.0577. The van der Waals surface area contributed by atoms with Gasteiger partial charge >= 0.3 is 24.2 Å². The molecule has 1 fully saturated rings. The largest absolute Gasteiger partial charge is 0.573 e. The van der Waals surface area contributed by atoms with Gasteiger partial charge in [-0.3, -0.25) is 19.3 Å². The van der Waals surface area contributed by atoms with Gasteiger partial charge in [-0.05, 0) is 30.7 Å². The van der Waals surface area contributed by atoms with E-state index in [9.17, 15) is 32.3 Å². The third-order valence-electron chi connectivity index (χ3n) is 3.26. The summed E-state index contributed by atoms with van der Waals surface area (Å²) < 4.78 is 39.9. The van der Waals surface area contributed by atoms with Crippen molar-refractivity contribution in [3.63, 3.8) is 0 Å². The fourth-order valence-corrected chi connectivity index (χ4v) is 2.19. The molecule has 0 saturated carbocycles. The Labute approximate surface area is 145 Å². The van der Waals surface area contributed by atoms with E-state index in [1.165, 1.54) is 0 Å². The molecule has 1 aromatic carbocycles. The first kappa shape index (κ1) is 19.2. The van der Waals surface area contributed by atoms with Crippen molar-refractivity contribution in [3.05, 3.63) is 24.3 Å². The monoisotopic (exact) mass is 373 g/mol. The molecule has 2 rings (SSSR count). The Hall–Kier alpha value is -3.11. The zero-order valence-corrected chi connectivity index (χ0v) is 13.5. The van der Waals surface area contributed by atoms with Crippen LogP contribution in [0, 0.1) is 0 Å². The highest BCUT2D eigenvalue weighted by Crippen LogP contribution is 2.24. The molecule has 1 heterocycles. The van der Waals surface area contributed by atoms with Crippen molar-refractivity contribution in [2.75, 3.05) is 18.4 Å². The van der Waals surface area contributed by atoms with Gasteiger partial charge in [0.25, 0.3) is 0 Å². The van der Waals surface area contributed by atoms with E-state index in [0.717, 1.165) is 29.2 Å². The number of carbonyl (C=O) groups excluding carboxylic acids is 4. The Morgan fingerprint density at radius 2 is 1.65 bits per heavy atom. The van der Waals surface area contributed by atoms with Gasteiger partial charge in [-0.15, -0.1) is 13.2 Å². The van der Waals surface area contributed by atoms with E-state index >= 15 is 0 Å². The van der Waals surface area contributed by atoms with Gasteiger partial charge in [-0.2, -0.15) is 0 Å². The lowest BCUT2D eigenvalue weighted by Gasteiger charge is -2.15. The second-order valence-corrected chi connectivity index (χ2v) is 5.25. The molecule has 140 valence electrons. The maximum Gasteiger partial charge on any atom is 0.573 e. The second-order valence-electron chi connectivity index (χ2n) is 5.25. The number of anilines is 1. The number of nitrogens with one attached hydrogen (secondary N) is 1. The molecule has 0 unspecified atom stereocenters. The Kier molecular flexibility index (Phi) is 5.48. The summed E-state index contributed by atoms with van der Waals surface area (Å²) >= 11 is 0. The number of amides is 5. The van der Waals surface area contributed by atoms with E-state index in [2.05, 4.69) is 10.1 Å². The van der Waals surface area contributed by atoms with Gasteiger partial charge in [0.05, 0.1) is 0 Å². The number of urea groups is 1. The summed E-state index contributed by atoms with van der Waals surface area (Å²) in [5.41, 5.74) is 0.125. The lowest BCUT2D eigenvalue weighted by molar-refractivity contribution is -0.274. The third-order valence-corrected chi connectivity index (χ3v) is 3.26. The summed E-state index contributed by atoms with van der Waals surface area (Å²) in [5.74, 6) is -3.37. The molecule has 8 nitrogen and oxygen atoms in total. The van der Waals surface area contributed by atoms with E-state index < -0.39 is 42.4 Å². The van der Waals surface area contributed by atoms with Crippen molar-refractivity contribution in [1.29, 1.82) is 0 Å². The zero-order valence-electron chi connectivity index (χ0n) is 13.5. The number of imide groups is 2. The van der Waals surface area contributed by atoms with E-state index in [0.29, 0.717) is 11.3 Å². The van der Waals surface area contributed by atoms with Crippen LogP contribution in [0.15, 0.2) is 24.3 Å². The molecule has 0 bridgehead atoms. The standard InChI is InChI=1S/C15H14F3N3O5/c1-2-7-20-12(23)13(24)21(14(20)25)8-11(22)19-9-3-5-10(6-4-9)26-15(16,17)18/h3-6H,2,7-8H2,1H3,(H,19,22). The van der Waals surface area contributed by atoms with Gasteiger partial charge in [-0.1, -0.05) is 6.92 Å². The molecule has 0 aromatic heterocycles. The minimum atomic E-state index is -4.84. The van der Waals surface area contributed by atoms with Crippen LogP contribution in [0.3, 0.4) is 0 Å². The third kappa shape index (κ3) is 4.49. The molecular weight excluding hydrogens is 359 g/mol. The van der Waals surface area contributed by atoms with Crippen LogP contribution in [0.5, 0.6) is 5.75 Å². The van der Waals surface area contributed by atoms with Crippen LogP contribution >= 0.6 is 0 Å². The first-order valence-electron chi connectivity index (χ1n) is 7.45. The number of rotatable bonds is 6. The Morgan fingerprint density at radius 3 is 2.19 bits per heavy atom. The number of alkyl halides is 3. The molecule has 5 amide bonds. The highest BCUT2D eigenvalue weighted by molar-refractivity contribution is 6.45. The Bertz CT molecular complexity index is 733. The maximum atomic E-state index is 12.1. The predicted octanol–water partition coefficient (Wildman–Crippen LogP) is 1.72. The number of benzene rings is 1. The van der Waals surface area contributed by atoms with Crippen molar-refractivity contribution >= 4 is 29.4 Å². The normalized spacial score (nSPS) is 14.8. The summed E-state index contributed by atoms with van der Waals surface area (Å²) in [4.78, 5) is 48.7. The molecule has 11 heteroatoms. The SMILES string of the molecule is CCCN1C(=O)C(=O)N(CC(=O)Nc2ccc(OC(F)(F)F)cc2)C1=O. The quantitative estimate of drug-likeness (QED) is 0.605. The maximum absolute atomic E-state index is 12.1. The second kappa shape index (κ2) is 7.42. The highest BCUT2D eigenvalue weighted by Gasteiger charge is 2.44. The first-order valence-corrected chi connectivity index (χ1v) is 7.45. The number of hydrogen-bond acceptors (Lipinski definition) is 5. The van der Waals surface area contributed by atoms with Crippen LogP contribution in [-0.4, -0.2) is 53.0 Å². The van der Waals surface area contributed by atoms with Crippen molar-refractivity contribution in [1.82, 2.24) is 9.80 Å². The van der Waals surface area contributed by atoms with Gasteiger partial charge in [0, 0.05) is 12.2 Å². The molecule has 26 heavy (non-hydrogen) atoms. The molecule has 1 saturated heterocycles. The van der Waals surface area contributed by atoms with E-state index in [4.69, 9.17) is 0 Å². The number of ether oxygens (including phenoxy) is 1. The molecule has 1 aliphatic heterocycles. The average Bonchev–Trinajstić information content (AvgIpc) is 2.74. The van der Waals surface area contributed by atoms with Gasteiger partial charge in [0.2, 0.25) is 5.91 Å². The topological polar surface area (TPSA) is 96.0 Å². The van der Waals surface area contributed by atoms with Crippen LogP contribution in [0.1, 0.15) is 13.3 Å². The lowest BCUT2D eigenvalue weighted by Crippen LogP contribution is -2.39. The summed E-state index contributed by atoms with van der Waals surface area (Å²) in [5, 5.41) is 2.31. The van der Waals surface area contributed by atoms with E-state index in [1.54, 1.807) is 6.92 Å². The van der Waals surface area contributed by atoms with Crippen molar-refractivity contribution < 1.29 is 37.1 Å². The van der Waals surface area contributed by atoms with Crippen LogP contribution in [-0.2, 0) is 14.4 Å². The van der Waals surface area contributed by atoms with E-state index in [-0.39, 0.29) is 12.2 Å². The molecule has 0 atom stereocenters. The molecule has 0 aliphatic carbocycles. The van der Waals surface area contributed by atoms with Gasteiger partial charge in [0.1, 0.15) is 12.3 Å². The summed E-state index contributed by atoms with van der Waals surface area (Å²) in [6, 6.07) is 3.40. The van der Waals surface area contributed by atoms with Gasteiger partial charge in [-0.25, -0.2) is 9.69 Å². The highest BCUT2D eigenvalue weighted by atomic mass is 19.4. The summed E-state index contributed by atoms with van der Waals surface area (Å²) in [6.45, 7) is 1.08. The summed E-state index contributed by atoms with van der Waals surface area (Å²) in [7, 11) is 0. The van der Waals surface area contributed by atoms with Crippen molar-refractivity contribution in [2.24, 2.45) is 0 Å². The molecule has 0 radical (unpaired) electrons. The molecular formula is C15H14F3N3O5. The van der Waals surface area contributed by atoms with Crippen molar-refractivity contribution in [2.45, 2.75) is 19.7 Å². The Morgan fingerprint density at radius 1 is 1.08 bits per heavy atom. The Balaban J connectivity index is 1.97.